The van der Waals surface area contributed by atoms with Crippen LogP contribution < -0.4 is 0 Å². The van der Waals surface area contributed by atoms with Crippen LogP contribution in [0.3, 0.4) is 0 Å². The highest BCUT2D eigenvalue weighted by molar-refractivity contribution is 6.61. The number of hydrogen-bond donors (Lipinski definition) is 0. The Kier molecular flexibility index (Phi) is 4.77. The number of rotatable bonds is 4. The predicted octanol–water partition coefficient (Wildman–Crippen LogP) is 2.30. The van der Waals surface area contributed by atoms with Gasteiger partial charge in [-0.2, -0.15) is 0 Å². The van der Waals surface area contributed by atoms with Crippen LogP contribution in [-0.4, -0.2) is 18.2 Å². The summed E-state index contributed by atoms with van der Waals surface area (Å²) in [5, 5.41) is 0. The van der Waals surface area contributed by atoms with Gasteiger partial charge in [0.15, 0.2) is 0 Å². The van der Waals surface area contributed by atoms with Crippen molar-refractivity contribution in [2.75, 3.05) is 6.79 Å². The summed E-state index contributed by atoms with van der Waals surface area (Å²) in [6.07, 6.45) is 0.653. The molecule has 0 aromatic rings. The van der Waals surface area contributed by atoms with E-state index in [1.165, 1.54) is 0 Å². The van der Waals surface area contributed by atoms with Gasteiger partial charge in [0.05, 0.1) is 5.41 Å². The lowest BCUT2D eigenvalue weighted by Crippen LogP contribution is -2.26. The molecule has 0 unspecified atom stereocenters. The molecule has 0 aliphatic carbocycles. The molecule has 0 aromatic heterocycles. The van der Waals surface area contributed by atoms with Gasteiger partial charge in [0.1, 0.15) is 0 Å². The molecule has 0 aliphatic heterocycles. The molecular weight excluding hydrogens is 196 g/mol. The van der Waals surface area contributed by atoms with E-state index in [1.54, 1.807) is 13.8 Å². The first-order chi connectivity index (χ1) is 5.90. The maximum absolute atomic E-state index is 11.2. The number of esters is 1. The van der Waals surface area contributed by atoms with Crippen LogP contribution in [0.1, 0.15) is 27.2 Å². The molecule has 0 fully saturated rings. The fraction of sp³-hybridized carbons (Fsp3) is 0.750. The van der Waals surface area contributed by atoms with Crippen molar-refractivity contribution in [3.63, 3.8) is 0 Å². The van der Waals surface area contributed by atoms with Crippen LogP contribution >= 0.6 is 11.6 Å². The maximum Gasteiger partial charge on any atom is 0.406 e. The molecule has 0 saturated heterocycles. The fourth-order valence-corrected chi connectivity index (χ4v) is 0.514. The van der Waals surface area contributed by atoms with Gasteiger partial charge in [-0.1, -0.05) is 6.92 Å². The summed E-state index contributed by atoms with van der Waals surface area (Å²) in [5.74, 6) is -0.409. The lowest BCUT2D eigenvalue weighted by Gasteiger charge is -2.19. The third-order valence-corrected chi connectivity index (χ3v) is 1.91. The van der Waals surface area contributed by atoms with Crippen LogP contribution in [0.4, 0.5) is 4.79 Å². The standard InChI is InChI=1S/C8H13ClO4/c1-4-8(2,3)6(10)12-5-13-7(9)11/h4-5H2,1-3H3. The van der Waals surface area contributed by atoms with E-state index in [-0.39, 0.29) is 0 Å². The van der Waals surface area contributed by atoms with Crippen LogP contribution in [0.2, 0.25) is 0 Å². The molecule has 4 nitrogen and oxygen atoms in total. The highest BCUT2D eigenvalue weighted by atomic mass is 35.5. The number of hydrogen-bond acceptors (Lipinski definition) is 4. The van der Waals surface area contributed by atoms with Gasteiger partial charge in [0.2, 0.25) is 6.79 Å². The largest absolute Gasteiger partial charge is 0.427 e. The summed E-state index contributed by atoms with van der Waals surface area (Å²) in [4.78, 5) is 21.3. The SMILES string of the molecule is CCC(C)(C)C(=O)OCOC(=O)Cl. The predicted molar refractivity (Wildman–Crippen MR) is 47.4 cm³/mol. The highest BCUT2D eigenvalue weighted by Crippen LogP contribution is 2.21. The van der Waals surface area contributed by atoms with Crippen molar-refractivity contribution in [1.29, 1.82) is 0 Å². The third-order valence-electron chi connectivity index (χ3n) is 1.80. The van der Waals surface area contributed by atoms with E-state index in [2.05, 4.69) is 9.47 Å². The van der Waals surface area contributed by atoms with Crippen molar-refractivity contribution in [3.8, 4) is 0 Å². The monoisotopic (exact) mass is 208 g/mol. The number of ether oxygens (including phenoxy) is 2. The van der Waals surface area contributed by atoms with E-state index >= 15 is 0 Å². The van der Waals surface area contributed by atoms with Crippen molar-refractivity contribution in [2.45, 2.75) is 27.2 Å². The number of carbonyl (C=O) groups excluding carboxylic acids is 2. The zero-order valence-corrected chi connectivity index (χ0v) is 8.68. The second kappa shape index (κ2) is 5.07. The molecule has 0 atom stereocenters. The van der Waals surface area contributed by atoms with Crippen LogP contribution in [0.25, 0.3) is 0 Å². The summed E-state index contributed by atoms with van der Waals surface area (Å²) in [5.41, 5.74) is -1.54. The molecule has 0 saturated carbocycles. The highest BCUT2D eigenvalue weighted by Gasteiger charge is 2.27. The Morgan fingerprint density at radius 3 is 2.23 bits per heavy atom. The molecular formula is C8H13ClO4. The molecule has 0 aliphatic rings. The average molecular weight is 209 g/mol. The molecule has 0 radical (unpaired) electrons. The van der Waals surface area contributed by atoms with Gasteiger partial charge in [-0.25, -0.2) is 4.79 Å². The Balaban J connectivity index is 3.81. The van der Waals surface area contributed by atoms with Gasteiger partial charge < -0.3 is 9.47 Å². The van der Waals surface area contributed by atoms with Gasteiger partial charge >= 0.3 is 11.4 Å². The molecule has 76 valence electrons. The quantitative estimate of drug-likeness (QED) is 0.404. The van der Waals surface area contributed by atoms with Gasteiger partial charge in [0.25, 0.3) is 0 Å². The van der Waals surface area contributed by atoms with Gasteiger partial charge in [-0.15, -0.1) is 0 Å². The van der Waals surface area contributed by atoms with Crippen LogP contribution in [0.5, 0.6) is 0 Å². The molecule has 0 bridgehead atoms. The zero-order valence-electron chi connectivity index (χ0n) is 7.93. The van der Waals surface area contributed by atoms with E-state index in [0.717, 1.165) is 0 Å². The Bertz CT molecular complexity index is 200. The van der Waals surface area contributed by atoms with E-state index in [1.807, 2.05) is 6.92 Å². The lowest BCUT2D eigenvalue weighted by molar-refractivity contribution is -0.162. The van der Waals surface area contributed by atoms with Crippen LogP contribution in [0, 0.1) is 5.41 Å². The lowest BCUT2D eigenvalue weighted by atomic mass is 9.91. The fourth-order valence-electron chi connectivity index (χ4n) is 0.469. The first-order valence-electron chi connectivity index (χ1n) is 3.89. The topological polar surface area (TPSA) is 52.6 Å². The zero-order chi connectivity index (χ0) is 10.5. The third kappa shape index (κ3) is 4.72. The summed E-state index contributed by atoms with van der Waals surface area (Å²) < 4.78 is 8.88. The molecule has 0 rings (SSSR count). The minimum Gasteiger partial charge on any atom is -0.427 e. The van der Waals surface area contributed by atoms with Crippen molar-refractivity contribution in [2.24, 2.45) is 5.41 Å². The van der Waals surface area contributed by atoms with E-state index in [0.29, 0.717) is 6.42 Å². The number of halogens is 1. The van der Waals surface area contributed by atoms with Gasteiger partial charge in [0, 0.05) is 11.6 Å². The van der Waals surface area contributed by atoms with Gasteiger partial charge in [-0.3, -0.25) is 4.79 Å². The van der Waals surface area contributed by atoms with E-state index in [9.17, 15) is 9.59 Å². The smallest absolute Gasteiger partial charge is 0.406 e. The van der Waals surface area contributed by atoms with E-state index < -0.39 is 23.6 Å². The summed E-state index contributed by atoms with van der Waals surface area (Å²) in [7, 11) is 0. The first kappa shape index (κ1) is 12.2. The Morgan fingerprint density at radius 2 is 1.85 bits per heavy atom. The van der Waals surface area contributed by atoms with Crippen LogP contribution in [0.15, 0.2) is 0 Å². The van der Waals surface area contributed by atoms with Crippen molar-refractivity contribution in [1.82, 2.24) is 0 Å². The summed E-state index contributed by atoms with van der Waals surface area (Å²) >= 11 is 4.86. The van der Waals surface area contributed by atoms with Crippen LogP contribution in [-0.2, 0) is 14.3 Å². The molecule has 5 heteroatoms. The molecule has 0 amide bonds. The minimum absolute atomic E-state index is 0.409. The Morgan fingerprint density at radius 1 is 1.31 bits per heavy atom. The Labute approximate surface area is 82.1 Å². The minimum atomic E-state index is -0.984. The Hall–Kier alpha value is -0.770. The van der Waals surface area contributed by atoms with Crippen molar-refractivity contribution < 1.29 is 19.1 Å². The normalized spacial score (nSPS) is 10.8. The molecule has 0 spiro atoms. The molecule has 0 N–H and O–H groups in total. The molecule has 13 heavy (non-hydrogen) atoms. The van der Waals surface area contributed by atoms with Gasteiger partial charge in [-0.05, 0) is 20.3 Å². The number of carbonyl (C=O) groups is 2. The average Bonchev–Trinajstić information content (AvgIpc) is 2.03. The second-order valence-electron chi connectivity index (χ2n) is 3.17. The first-order valence-corrected chi connectivity index (χ1v) is 4.27. The van der Waals surface area contributed by atoms with E-state index in [4.69, 9.17) is 11.6 Å². The molecule has 0 heterocycles. The summed E-state index contributed by atoms with van der Waals surface area (Å²) in [6.45, 7) is 4.94. The second-order valence-corrected chi connectivity index (χ2v) is 3.48. The van der Waals surface area contributed by atoms with Crippen molar-refractivity contribution >= 4 is 23.0 Å². The maximum atomic E-state index is 11.2. The molecule has 0 aromatic carbocycles. The summed E-state index contributed by atoms with van der Waals surface area (Å²) in [6, 6.07) is 0. The van der Waals surface area contributed by atoms with Crippen molar-refractivity contribution in [3.05, 3.63) is 0 Å².